The van der Waals surface area contributed by atoms with Gasteiger partial charge in [-0.2, -0.15) is 4.98 Å². The van der Waals surface area contributed by atoms with Crippen LogP contribution in [0.1, 0.15) is 16.8 Å². The Morgan fingerprint density at radius 1 is 1.16 bits per heavy atom. The predicted octanol–water partition coefficient (Wildman–Crippen LogP) is 5.22. The molecule has 4 aromatic rings. The first kappa shape index (κ1) is 21.1. The molecule has 0 unspecified atom stereocenters. The Morgan fingerprint density at radius 3 is 2.65 bits per heavy atom. The van der Waals surface area contributed by atoms with Gasteiger partial charge >= 0.3 is 6.09 Å². The number of aryl methyl sites for hydroxylation is 1. The number of nitrogens with zero attached hydrogens (tertiary/aromatic N) is 3. The summed E-state index contributed by atoms with van der Waals surface area (Å²) in [4.78, 5) is 21.2. The van der Waals surface area contributed by atoms with E-state index < -0.39 is 6.09 Å². The number of hydrogen-bond acceptors (Lipinski definition) is 5. The maximum absolute atomic E-state index is 12.2. The van der Waals surface area contributed by atoms with Crippen molar-refractivity contribution in [3.05, 3.63) is 81.6 Å². The van der Waals surface area contributed by atoms with Crippen molar-refractivity contribution >= 4 is 40.9 Å². The first-order chi connectivity index (χ1) is 15.0. The lowest BCUT2D eigenvalue weighted by atomic mass is 10.0. The summed E-state index contributed by atoms with van der Waals surface area (Å²) >= 11 is 12.5. The summed E-state index contributed by atoms with van der Waals surface area (Å²) in [6, 6.07) is 14.6. The lowest BCUT2D eigenvalue weighted by Gasteiger charge is -2.14. The molecular formula is C22H19Cl2N5O2. The second-order valence-electron chi connectivity index (χ2n) is 6.84. The summed E-state index contributed by atoms with van der Waals surface area (Å²) in [6.45, 7) is 2.26. The van der Waals surface area contributed by atoms with Crippen LogP contribution in [0.3, 0.4) is 0 Å². The number of fused-ring (bicyclic) bond motifs is 1. The van der Waals surface area contributed by atoms with Crippen molar-refractivity contribution in [1.29, 1.82) is 0 Å². The number of nitrogens with one attached hydrogen (secondary N) is 1. The molecule has 2 aromatic heterocycles. The van der Waals surface area contributed by atoms with Gasteiger partial charge in [0.25, 0.3) is 0 Å². The van der Waals surface area contributed by atoms with E-state index in [9.17, 15) is 4.79 Å². The van der Waals surface area contributed by atoms with Crippen LogP contribution in [0.25, 0.3) is 17.0 Å². The zero-order valence-electron chi connectivity index (χ0n) is 16.6. The monoisotopic (exact) mass is 455 g/mol. The molecule has 0 aliphatic carbocycles. The van der Waals surface area contributed by atoms with Gasteiger partial charge in [0.15, 0.2) is 5.82 Å². The van der Waals surface area contributed by atoms with E-state index in [1.165, 1.54) is 0 Å². The lowest BCUT2D eigenvalue weighted by molar-refractivity contribution is 0.155. The number of aromatic nitrogens is 3. The smallest absolute Gasteiger partial charge is 0.413 e. The average molecular weight is 456 g/mol. The molecule has 4 rings (SSSR count). The van der Waals surface area contributed by atoms with E-state index >= 15 is 0 Å². The molecule has 0 saturated carbocycles. The van der Waals surface area contributed by atoms with E-state index in [1.54, 1.807) is 22.7 Å². The van der Waals surface area contributed by atoms with Crippen LogP contribution in [0, 0.1) is 6.92 Å². The molecule has 0 radical (unpaired) electrons. The maximum Gasteiger partial charge on any atom is 0.413 e. The van der Waals surface area contributed by atoms with Gasteiger partial charge in [-0.3, -0.25) is 9.72 Å². The number of anilines is 1. The van der Waals surface area contributed by atoms with E-state index in [2.05, 4.69) is 15.3 Å². The van der Waals surface area contributed by atoms with Crippen LogP contribution >= 0.6 is 23.2 Å². The highest BCUT2D eigenvalue weighted by Crippen LogP contribution is 2.34. The Labute approximate surface area is 188 Å². The van der Waals surface area contributed by atoms with Gasteiger partial charge in [-0.25, -0.2) is 9.78 Å². The van der Waals surface area contributed by atoms with E-state index in [4.69, 9.17) is 33.7 Å². The zero-order valence-corrected chi connectivity index (χ0v) is 18.1. The molecule has 0 aliphatic rings. The number of ether oxygens (including phenoxy) is 1. The van der Waals surface area contributed by atoms with Gasteiger partial charge in [-0.15, -0.1) is 0 Å². The Hall–Kier alpha value is -3.13. The van der Waals surface area contributed by atoms with Crippen molar-refractivity contribution in [1.82, 2.24) is 14.4 Å². The Morgan fingerprint density at radius 2 is 1.94 bits per heavy atom. The van der Waals surface area contributed by atoms with Crippen molar-refractivity contribution in [2.45, 2.75) is 20.1 Å². The number of benzene rings is 2. The molecule has 0 atom stereocenters. The zero-order chi connectivity index (χ0) is 22.0. The number of carbonyl (C=O) groups is 1. The molecule has 1 amide bonds. The number of rotatable bonds is 5. The van der Waals surface area contributed by atoms with Crippen molar-refractivity contribution in [3.8, 4) is 11.3 Å². The second kappa shape index (κ2) is 8.93. The molecule has 7 nitrogen and oxygen atoms in total. The molecule has 9 heteroatoms. The fourth-order valence-electron chi connectivity index (χ4n) is 3.29. The highest BCUT2D eigenvalue weighted by Gasteiger charge is 2.19. The Balaban J connectivity index is 1.67. The minimum Gasteiger partial charge on any atom is -0.444 e. The van der Waals surface area contributed by atoms with Gasteiger partial charge in [0.05, 0.1) is 16.9 Å². The fraction of sp³-hybridized carbons (Fsp3) is 0.136. The van der Waals surface area contributed by atoms with E-state index in [0.29, 0.717) is 21.6 Å². The second-order valence-corrected chi connectivity index (χ2v) is 7.68. The molecule has 0 saturated heterocycles. The summed E-state index contributed by atoms with van der Waals surface area (Å²) in [5.41, 5.74) is 9.90. The van der Waals surface area contributed by atoms with Crippen molar-refractivity contribution in [2.24, 2.45) is 5.73 Å². The van der Waals surface area contributed by atoms with Crippen LogP contribution in [0.2, 0.25) is 10.0 Å². The molecule has 31 heavy (non-hydrogen) atoms. The molecule has 2 heterocycles. The summed E-state index contributed by atoms with van der Waals surface area (Å²) in [5.74, 6) is 0.694. The van der Waals surface area contributed by atoms with E-state index in [1.807, 2.05) is 43.3 Å². The molecule has 3 N–H and O–H groups in total. The summed E-state index contributed by atoms with van der Waals surface area (Å²) in [6.07, 6.45) is 1.04. The Bertz CT molecular complexity index is 1260. The van der Waals surface area contributed by atoms with Crippen LogP contribution in [-0.2, 0) is 17.9 Å². The quantitative estimate of drug-likeness (QED) is 0.430. The molecule has 0 fully saturated rings. The number of nitrogens with two attached hydrogens (primary N) is 1. The molecular weight excluding hydrogens is 437 g/mol. The molecule has 0 spiro atoms. The van der Waals surface area contributed by atoms with Crippen LogP contribution in [0.4, 0.5) is 10.6 Å². The highest BCUT2D eigenvalue weighted by atomic mass is 35.5. The third-order valence-electron chi connectivity index (χ3n) is 4.75. The van der Waals surface area contributed by atoms with Gasteiger partial charge < -0.3 is 10.5 Å². The minimum atomic E-state index is -0.617. The number of halogens is 2. The van der Waals surface area contributed by atoms with Crippen LogP contribution in [0.5, 0.6) is 0 Å². The van der Waals surface area contributed by atoms with Crippen molar-refractivity contribution < 1.29 is 9.53 Å². The van der Waals surface area contributed by atoms with E-state index in [-0.39, 0.29) is 13.2 Å². The third kappa shape index (κ3) is 4.49. The predicted molar refractivity (Wildman–Crippen MR) is 121 cm³/mol. The van der Waals surface area contributed by atoms with Gasteiger partial charge in [0.1, 0.15) is 6.61 Å². The van der Waals surface area contributed by atoms with Gasteiger partial charge in [-0.05, 0) is 30.7 Å². The standard InChI is InChI=1S/C22H19Cl2N5O2/c1-13-17(10-25)20(16-8-7-15(23)9-18(16)24)29-11-19(27-21(29)26-13)28-22(30)31-12-14-5-3-2-4-6-14/h2-9,11H,10,12,25H2,1H3,(H,28,30). The molecule has 158 valence electrons. The number of carbonyl (C=O) groups excluding carboxylic acids is 1. The van der Waals surface area contributed by atoms with Crippen LogP contribution in [-0.4, -0.2) is 20.5 Å². The molecule has 2 aromatic carbocycles. The largest absolute Gasteiger partial charge is 0.444 e. The third-order valence-corrected chi connectivity index (χ3v) is 5.30. The number of hydrogen-bond donors (Lipinski definition) is 2. The maximum atomic E-state index is 12.2. The van der Waals surface area contributed by atoms with Crippen LogP contribution in [0.15, 0.2) is 54.7 Å². The fourth-order valence-corrected chi connectivity index (χ4v) is 3.79. The van der Waals surface area contributed by atoms with Gasteiger partial charge in [-0.1, -0.05) is 53.5 Å². The molecule has 0 bridgehead atoms. The van der Waals surface area contributed by atoms with Crippen LogP contribution < -0.4 is 11.1 Å². The topological polar surface area (TPSA) is 94.5 Å². The van der Waals surface area contributed by atoms with Gasteiger partial charge in [0, 0.05) is 28.4 Å². The summed E-state index contributed by atoms with van der Waals surface area (Å²) in [7, 11) is 0. The number of imidazole rings is 1. The lowest BCUT2D eigenvalue weighted by Crippen LogP contribution is -2.13. The number of amides is 1. The van der Waals surface area contributed by atoms with Gasteiger partial charge in [0.2, 0.25) is 5.78 Å². The molecule has 0 aliphatic heterocycles. The first-order valence-corrected chi connectivity index (χ1v) is 10.2. The Kier molecular flexibility index (Phi) is 6.08. The minimum absolute atomic E-state index is 0.153. The average Bonchev–Trinajstić information content (AvgIpc) is 3.14. The first-order valence-electron chi connectivity index (χ1n) is 9.48. The summed E-state index contributed by atoms with van der Waals surface area (Å²) in [5, 5.41) is 3.64. The van der Waals surface area contributed by atoms with E-state index in [0.717, 1.165) is 28.1 Å². The SMILES string of the molecule is Cc1nc2nc(NC(=O)OCc3ccccc3)cn2c(-c2ccc(Cl)cc2Cl)c1CN. The highest BCUT2D eigenvalue weighted by molar-refractivity contribution is 6.36. The summed E-state index contributed by atoms with van der Waals surface area (Å²) < 4.78 is 7.02. The normalized spacial score (nSPS) is 11.0. The van der Waals surface area contributed by atoms with Crippen molar-refractivity contribution in [3.63, 3.8) is 0 Å². The van der Waals surface area contributed by atoms with Crippen molar-refractivity contribution in [2.75, 3.05) is 5.32 Å².